The van der Waals surface area contributed by atoms with E-state index in [9.17, 15) is 9.90 Å². The summed E-state index contributed by atoms with van der Waals surface area (Å²) in [6.45, 7) is 1.85. The molecule has 3 aromatic rings. The Hall–Kier alpha value is -2.79. The summed E-state index contributed by atoms with van der Waals surface area (Å²) in [5.74, 6) is -0.446. The zero-order chi connectivity index (χ0) is 17.6. The van der Waals surface area contributed by atoms with Crippen LogP contribution in [0.1, 0.15) is 30.4 Å². The van der Waals surface area contributed by atoms with Crippen molar-refractivity contribution in [1.82, 2.24) is 0 Å². The van der Waals surface area contributed by atoms with Crippen LogP contribution in [-0.4, -0.2) is 18.0 Å². The van der Waals surface area contributed by atoms with Gasteiger partial charge in [-0.15, -0.1) is 0 Å². The smallest absolute Gasteiger partial charge is 0.343 e. The highest BCUT2D eigenvalue weighted by Crippen LogP contribution is 2.46. The van der Waals surface area contributed by atoms with Crippen LogP contribution in [0.5, 0.6) is 11.5 Å². The third-order valence-electron chi connectivity index (χ3n) is 4.77. The van der Waals surface area contributed by atoms with E-state index >= 15 is 0 Å². The fourth-order valence-corrected chi connectivity index (χ4v) is 3.39. The zero-order valence-electron chi connectivity index (χ0n) is 14.0. The third-order valence-corrected chi connectivity index (χ3v) is 4.77. The van der Waals surface area contributed by atoms with E-state index in [1.54, 1.807) is 37.4 Å². The third kappa shape index (κ3) is 2.57. The molecule has 1 N–H and O–H groups in total. The predicted molar refractivity (Wildman–Crippen MR) is 93.1 cm³/mol. The van der Waals surface area contributed by atoms with E-state index in [-0.39, 0.29) is 11.7 Å². The Kier molecular flexibility index (Phi) is 3.54. The number of hydrogen-bond donors (Lipinski definition) is 1. The molecule has 0 spiro atoms. The molecule has 1 aliphatic rings. The number of phenols is 1. The van der Waals surface area contributed by atoms with E-state index in [2.05, 4.69) is 0 Å². The van der Waals surface area contributed by atoms with Gasteiger partial charge in [0.05, 0.1) is 10.9 Å². The van der Waals surface area contributed by atoms with Gasteiger partial charge in [-0.2, -0.15) is 0 Å². The summed E-state index contributed by atoms with van der Waals surface area (Å²) in [4.78, 5) is 12.7. The average molecular weight is 338 g/mol. The fraction of sp³-hybridized carbons (Fsp3) is 0.250. The molecule has 0 fully saturated rings. The molecule has 4 rings (SSSR count). The van der Waals surface area contributed by atoms with Gasteiger partial charge in [-0.05, 0) is 29.8 Å². The number of rotatable bonds is 2. The van der Waals surface area contributed by atoms with Gasteiger partial charge in [0.15, 0.2) is 0 Å². The molecular weight excluding hydrogens is 320 g/mol. The van der Waals surface area contributed by atoms with Gasteiger partial charge >= 0.3 is 5.63 Å². The second kappa shape index (κ2) is 5.63. The van der Waals surface area contributed by atoms with Crippen LogP contribution in [0.25, 0.3) is 11.0 Å². The minimum absolute atomic E-state index is 0.177. The van der Waals surface area contributed by atoms with Gasteiger partial charge in [0.2, 0.25) is 5.79 Å². The summed E-state index contributed by atoms with van der Waals surface area (Å²) >= 11 is 0. The van der Waals surface area contributed by atoms with E-state index < -0.39 is 11.4 Å². The van der Waals surface area contributed by atoms with Gasteiger partial charge in [0.25, 0.3) is 0 Å². The molecule has 2 atom stereocenters. The lowest BCUT2D eigenvalue weighted by Crippen LogP contribution is -2.41. The predicted octanol–water partition coefficient (Wildman–Crippen LogP) is 3.78. The van der Waals surface area contributed by atoms with Gasteiger partial charge in [0.1, 0.15) is 17.1 Å². The van der Waals surface area contributed by atoms with Crippen molar-refractivity contribution in [3.05, 3.63) is 70.1 Å². The largest absolute Gasteiger partial charge is 0.508 e. The monoisotopic (exact) mass is 338 g/mol. The number of para-hydroxylation sites is 1. The molecule has 128 valence electrons. The van der Waals surface area contributed by atoms with Crippen LogP contribution in [0.3, 0.4) is 0 Å². The molecule has 0 radical (unpaired) electrons. The van der Waals surface area contributed by atoms with Gasteiger partial charge in [-0.3, -0.25) is 0 Å². The number of methoxy groups -OCH3 is 1. The van der Waals surface area contributed by atoms with E-state index in [0.717, 1.165) is 10.9 Å². The lowest BCUT2D eigenvalue weighted by Gasteiger charge is -2.38. The molecule has 0 saturated heterocycles. The summed E-state index contributed by atoms with van der Waals surface area (Å²) in [6, 6.07) is 14.1. The molecule has 1 aromatic heterocycles. The van der Waals surface area contributed by atoms with Gasteiger partial charge in [-0.1, -0.05) is 24.3 Å². The van der Waals surface area contributed by atoms with Crippen molar-refractivity contribution in [2.24, 2.45) is 0 Å². The molecule has 5 heteroatoms. The SMILES string of the molecule is COC1(C)C[C@H](c2ccc(O)cc2)c2c(c3ccccc3oc2=O)O1. The maximum absolute atomic E-state index is 12.7. The van der Waals surface area contributed by atoms with Crippen molar-refractivity contribution in [2.45, 2.75) is 25.0 Å². The van der Waals surface area contributed by atoms with Crippen molar-refractivity contribution >= 4 is 11.0 Å². The number of hydrogen-bond acceptors (Lipinski definition) is 5. The molecule has 0 amide bonds. The average Bonchev–Trinajstić information content (AvgIpc) is 2.62. The summed E-state index contributed by atoms with van der Waals surface area (Å²) in [5, 5.41) is 10.3. The molecule has 2 heterocycles. The Balaban J connectivity index is 2.00. The first kappa shape index (κ1) is 15.7. The summed E-state index contributed by atoms with van der Waals surface area (Å²) in [5.41, 5.74) is 1.45. The number of fused-ring (bicyclic) bond motifs is 3. The van der Waals surface area contributed by atoms with Gasteiger partial charge in [0, 0.05) is 26.4 Å². The highest BCUT2D eigenvalue weighted by molar-refractivity contribution is 5.85. The first-order valence-corrected chi connectivity index (χ1v) is 8.09. The number of phenolic OH excluding ortho intramolecular Hbond substituents is 1. The van der Waals surface area contributed by atoms with Crippen molar-refractivity contribution in [3.8, 4) is 11.5 Å². The topological polar surface area (TPSA) is 68.9 Å². The van der Waals surface area contributed by atoms with Crippen LogP contribution in [0.15, 0.2) is 57.7 Å². The Morgan fingerprint density at radius 1 is 1.16 bits per heavy atom. The Morgan fingerprint density at radius 2 is 1.88 bits per heavy atom. The maximum Gasteiger partial charge on any atom is 0.343 e. The summed E-state index contributed by atoms with van der Waals surface area (Å²) < 4.78 is 17.2. The van der Waals surface area contributed by atoms with Crippen LogP contribution in [0, 0.1) is 0 Å². The molecule has 0 bridgehead atoms. The van der Waals surface area contributed by atoms with Crippen molar-refractivity contribution < 1.29 is 19.0 Å². The first-order valence-electron chi connectivity index (χ1n) is 8.09. The molecule has 1 unspecified atom stereocenters. The van der Waals surface area contributed by atoms with Crippen LogP contribution in [-0.2, 0) is 4.74 Å². The summed E-state index contributed by atoms with van der Waals surface area (Å²) in [6.07, 6.45) is 0.463. The normalized spacial score (nSPS) is 22.4. The lowest BCUT2D eigenvalue weighted by molar-refractivity contribution is -0.163. The molecule has 1 aliphatic heterocycles. The Bertz CT molecular complexity index is 989. The molecular formula is C20H18O5. The van der Waals surface area contributed by atoms with Crippen LogP contribution in [0.2, 0.25) is 0 Å². The quantitative estimate of drug-likeness (QED) is 0.720. The number of benzene rings is 2. The molecule has 2 aromatic carbocycles. The Morgan fingerprint density at radius 3 is 2.60 bits per heavy atom. The van der Waals surface area contributed by atoms with Gasteiger partial charge < -0.3 is 19.0 Å². The maximum atomic E-state index is 12.7. The van der Waals surface area contributed by atoms with E-state index in [1.807, 2.05) is 25.1 Å². The molecule has 5 nitrogen and oxygen atoms in total. The van der Waals surface area contributed by atoms with Crippen LogP contribution < -0.4 is 10.4 Å². The standard InChI is InChI=1S/C20H18O5/c1-20(23-2)11-15(12-7-9-13(21)10-8-12)17-18(25-20)14-5-3-4-6-16(14)24-19(17)22/h3-10,15,21H,11H2,1-2H3/t15-,20?/m1/s1. The van der Waals surface area contributed by atoms with E-state index in [4.69, 9.17) is 13.9 Å². The fourth-order valence-electron chi connectivity index (χ4n) is 3.39. The molecule has 25 heavy (non-hydrogen) atoms. The second-order valence-corrected chi connectivity index (χ2v) is 6.42. The van der Waals surface area contributed by atoms with Crippen molar-refractivity contribution in [2.75, 3.05) is 7.11 Å². The van der Waals surface area contributed by atoms with Crippen molar-refractivity contribution in [3.63, 3.8) is 0 Å². The Labute approximate surface area is 144 Å². The van der Waals surface area contributed by atoms with Gasteiger partial charge in [-0.25, -0.2) is 4.79 Å². The van der Waals surface area contributed by atoms with Crippen molar-refractivity contribution in [1.29, 1.82) is 0 Å². The molecule has 0 saturated carbocycles. The number of ether oxygens (including phenoxy) is 2. The number of aromatic hydroxyl groups is 1. The zero-order valence-corrected chi connectivity index (χ0v) is 14.0. The van der Waals surface area contributed by atoms with Crippen LogP contribution in [0.4, 0.5) is 0 Å². The highest BCUT2D eigenvalue weighted by Gasteiger charge is 2.41. The van der Waals surface area contributed by atoms with E-state index in [0.29, 0.717) is 23.3 Å². The lowest BCUT2D eigenvalue weighted by atomic mass is 9.83. The highest BCUT2D eigenvalue weighted by atomic mass is 16.7. The minimum atomic E-state index is -0.869. The minimum Gasteiger partial charge on any atom is -0.508 e. The van der Waals surface area contributed by atoms with Crippen LogP contribution >= 0.6 is 0 Å². The summed E-state index contributed by atoms with van der Waals surface area (Å²) in [7, 11) is 1.59. The molecule has 0 aliphatic carbocycles. The van der Waals surface area contributed by atoms with E-state index in [1.165, 1.54) is 0 Å². The first-order chi connectivity index (χ1) is 12.0. The second-order valence-electron chi connectivity index (χ2n) is 6.42.